The van der Waals surface area contributed by atoms with Crippen LogP contribution in [0.3, 0.4) is 0 Å². The number of carbonyl (C=O) groups is 1. The number of methoxy groups -OCH3 is 1. The maximum Gasteiger partial charge on any atom is 0.412 e. The fourth-order valence-corrected chi connectivity index (χ4v) is 2.74. The van der Waals surface area contributed by atoms with E-state index in [0.29, 0.717) is 11.4 Å². The minimum absolute atomic E-state index is 0.230. The van der Waals surface area contributed by atoms with Crippen molar-refractivity contribution in [3.05, 3.63) is 23.8 Å². The average molecular weight is 320 g/mol. The van der Waals surface area contributed by atoms with Crippen LogP contribution in [-0.2, 0) is 10.2 Å². The van der Waals surface area contributed by atoms with Crippen LogP contribution in [0.25, 0.3) is 0 Å². The molecule has 0 saturated heterocycles. The summed E-state index contributed by atoms with van der Waals surface area (Å²) in [4.78, 5) is 12.2. The van der Waals surface area contributed by atoms with Crippen LogP contribution >= 0.6 is 0 Å². The smallest absolute Gasteiger partial charge is 0.412 e. The maximum atomic E-state index is 12.2. The van der Waals surface area contributed by atoms with Gasteiger partial charge in [0.2, 0.25) is 0 Å². The molecule has 0 bridgehead atoms. The molecule has 3 N–H and O–H groups in total. The quantitative estimate of drug-likeness (QED) is 0.884. The molecule has 1 fully saturated rings. The summed E-state index contributed by atoms with van der Waals surface area (Å²) in [6, 6.07) is 5.67. The van der Waals surface area contributed by atoms with Crippen molar-refractivity contribution in [2.75, 3.05) is 12.4 Å². The molecule has 1 aliphatic carbocycles. The number of hydrogen-bond acceptors (Lipinski definition) is 4. The van der Waals surface area contributed by atoms with Gasteiger partial charge in [-0.1, -0.05) is 19.9 Å². The van der Waals surface area contributed by atoms with E-state index in [2.05, 4.69) is 19.2 Å². The Morgan fingerprint density at radius 2 is 1.83 bits per heavy atom. The molecule has 1 aromatic carbocycles. The molecule has 1 aliphatic rings. The van der Waals surface area contributed by atoms with Gasteiger partial charge < -0.3 is 15.2 Å². The van der Waals surface area contributed by atoms with Gasteiger partial charge in [-0.2, -0.15) is 0 Å². The van der Waals surface area contributed by atoms with Gasteiger partial charge in [-0.05, 0) is 45.2 Å². The van der Waals surface area contributed by atoms with E-state index in [-0.39, 0.29) is 11.0 Å². The van der Waals surface area contributed by atoms with Gasteiger partial charge in [0.25, 0.3) is 0 Å². The number of anilines is 1. The SMILES string of the molecule is COc1ccc(C(C)(C)C2(N)CC2)c(NC(=O)OC(C)(C)C)c1. The summed E-state index contributed by atoms with van der Waals surface area (Å²) in [6.07, 6.45) is 1.49. The predicted molar refractivity (Wildman–Crippen MR) is 92.0 cm³/mol. The van der Waals surface area contributed by atoms with Crippen molar-refractivity contribution in [1.29, 1.82) is 0 Å². The number of benzene rings is 1. The van der Waals surface area contributed by atoms with Gasteiger partial charge in [-0.15, -0.1) is 0 Å². The van der Waals surface area contributed by atoms with Crippen molar-refractivity contribution in [1.82, 2.24) is 0 Å². The summed E-state index contributed by atoms with van der Waals surface area (Å²) >= 11 is 0. The van der Waals surface area contributed by atoms with Crippen molar-refractivity contribution in [3.63, 3.8) is 0 Å². The molecule has 2 rings (SSSR count). The lowest BCUT2D eigenvalue weighted by Gasteiger charge is -2.34. The highest BCUT2D eigenvalue weighted by Gasteiger charge is 2.52. The Hall–Kier alpha value is -1.75. The molecule has 5 heteroatoms. The second-order valence-electron chi connectivity index (χ2n) is 7.82. The van der Waals surface area contributed by atoms with E-state index >= 15 is 0 Å². The molecule has 0 heterocycles. The number of hydrogen-bond donors (Lipinski definition) is 2. The third-order valence-electron chi connectivity index (χ3n) is 4.57. The van der Waals surface area contributed by atoms with E-state index in [4.69, 9.17) is 15.2 Å². The zero-order valence-electron chi connectivity index (χ0n) is 14.9. The lowest BCUT2D eigenvalue weighted by Crippen LogP contribution is -2.44. The maximum absolute atomic E-state index is 12.2. The molecule has 0 radical (unpaired) electrons. The molecule has 1 saturated carbocycles. The van der Waals surface area contributed by atoms with E-state index in [1.54, 1.807) is 7.11 Å². The zero-order valence-corrected chi connectivity index (χ0v) is 14.9. The summed E-state index contributed by atoms with van der Waals surface area (Å²) in [6.45, 7) is 9.73. The lowest BCUT2D eigenvalue weighted by molar-refractivity contribution is 0.0635. The van der Waals surface area contributed by atoms with Gasteiger partial charge in [0, 0.05) is 17.0 Å². The van der Waals surface area contributed by atoms with Crippen LogP contribution in [0.5, 0.6) is 5.75 Å². The molecule has 0 atom stereocenters. The van der Waals surface area contributed by atoms with E-state index in [1.165, 1.54) is 0 Å². The summed E-state index contributed by atoms with van der Waals surface area (Å²) in [5.74, 6) is 0.678. The van der Waals surface area contributed by atoms with Crippen molar-refractivity contribution in [2.45, 2.75) is 64.0 Å². The van der Waals surface area contributed by atoms with Crippen LogP contribution in [0.2, 0.25) is 0 Å². The van der Waals surface area contributed by atoms with E-state index in [0.717, 1.165) is 18.4 Å². The van der Waals surface area contributed by atoms with E-state index in [9.17, 15) is 4.79 Å². The second kappa shape index (κ2) is 5.71. The minimum atomic E-state index is -0.551. The second-order valence-corrected chi connectivity index (χ2v) is 7.82. The summed E-state index contributed by atoms with van der Waals surface area (Å²) in [7, 11) is 1.60. The molecule has 0 aliphatic heterocycles. The van der Waals surface area contributed by atoms with Crippen LogP contribution in [0, 0.1) is 0 Å². The number of ether oxygens (including phenoxy) is 2. The van der Waals surface area contributed by atoms with Crippen LogP contribution < -0.4 is 15.8 Å². The van der Waals surface area contributed by atoms with Gasteiger partial charge in [0.1, 0.15) is 11.4 Å². The van der Waals surface area contributed by atoms with Gasteiger partial charge in [-0.3, -0.25) is 5.32 Å². The van der Waals surface area contributed by atoms with Crippen LogP contribution in [0.4, 0.5) is 10.5 Å². The third-order valence-corrected chi connectivity index (χ3v) is 4.57. The van der Waals surface area contributed by atoms with Crippen molar-refractivity contribution < 1.29 is 14.3 Å². The van der Waals surface area contributed by atoms with Crippen LogP contribution in [0.15, 0.2) is 18.2 Å². The normalized spacial score (nSPS) is 16.7. The Morgan fingerprint density at radius 3 is 2.30 bits per heavy atom. The molecule has 128 valence electrons. The Morgan fingerprint density at radius 1 is 1.22 bits per heavy atom. The first-order chi connectivity index (χ1) is 10.5. The monoisotopic (exact) mass is 320 g/mol. The van der Waals surface area contributed by atoms with Crippen molar-refractivity contribution in [3.8, 4) is 5.75 Å². The highest BCUT2D eigenvalue weighted by Crippen LogP contribution is 2.51. The fourth-order valence-electron chi connectivity index (χ4n) is 2.74. The fraction of sp³-hybridized carbons (Fsp3) is 0.611. The average Bonchev–Trinajstić information content (AvgIpc) is 3.16. The summed E-state index contributed by atoms with van der Waals surface area (Å²) in [5, 5.41) is 2.85. The molecule has 1 amide bonds. The molecular weight excluding hydrogens is 292 g/mol. The number of nitrogens with two attached hydrogens (primary N) is 1. The predicted octanol–water partition coefficient (Wildman–Crippen LogP) is 3.81. The first-order valence-electron chi connectivity index (χ1n) is 7.96. The summed E-state index contributed by atoms with van der Waals surface area (Å²) < 4.78 is 10.6. The molecule has 0 unspecified atom stereocenters. The van der Waals surface area contributed by atoms with Gasteiger partial charge in [0.05, 0.1) is 12.8 Å². The minimum Gasteiger partial charge on any atom is -0.497 e. The topological polar surface area (TPSA) is 73.6 Å². The van der Waals surface area contributed by atoms with Gasteiger partial charge in [0.15, 0.2) is 0 Å². The highest BCUT2D eigenvalue weighted by atomic mass is 16.6. The number of nitrogens with one attached hydrogen (secondary N) is 1. The van der Waals surface area contributed by atoms with Crippen molar-refractivity contribution in [2.24, 2.45) is 5.73 Å². The van der Waals surface area contributed by atoms with Crippen molar-refractivity contribution >= 4 is 11.8 Å². The largest absolute Gasteiger partial charge is 0.497 e. The van der Waals surface area contributed by atoms with Crippen LogP contribution in [-0.4, -0.2) is 24.3 Å². The number of carbonyl (C=O) groups excluding carboxylic acids is 1. The Kier molecular flexibility index (Phi) is 4.37. The van der Waals surface area contributed by atoms with E-state index < -0.39 is 11.7 Å². The number of amides is 1. The third kappa shape index (κ3) is 3.78. The molecular formula is C18H28N2O3. The highest BCUT2D eigenvalue weighted by molar-refractivity contribution is 5.86. The standard InChI is InChI=1S/C18H28N2O3/c1-16(2,3)23-15(21)20-14-11-12(22-6)7-8-13(14)17(4,5)18(19)9-10-18/h7-8,11H,9-10,19H2,1-6H3,(H,20,21). The molecule has 1 aromatic rings. The molecule has 0 aromatic heterocycles. The lowest BCUT2D eigenvalue weighted by atomic mass is 9.75. The van der Waals surface area contributed by atoms with Gasteiger partial charge in [-0.25, -0.2) is 4.79 Å². The Labute approximate surface area is 138 Å². The van der Waals surface area contributed by atoms with E-state index in [1.807, 2.05) is 39.0 Å². The zero-order chi connectivity index (χ0) is 17.5. The molecule has 0 spiro atoms. The first-order valence-corrected chi connectivity index (χ1v) is 7.96. The molecule has 23 heavy (non-hydrogen) atoms. The Bertz CT molecular complexity index is 599. The molecule has 5 nitrogen and oxygen atoms in total. The summed E-state index contributed by atoms with van der Waals surface area (Å²) in [5.41, 5.74) is 7.08. The van der Waals surface area contributed by atoms with Crippen LogP contribution in [0.1, 0.15) is 53.0 Å². The van der Waals surface area contributed by atoms with Gasteiger partial charge >= 0.3 is 6.09 Å². The first kappa shape index (κ1) is 17.6. The number of rotatable bonds is 4. The Balaban J connectivity index is 2.34.